The molecule has 0 aromatic heterocycles. The molecule has 1 fully saturated rings. The predicted molar refractivity (Wildman–Crippen MR) is 84.6 cm³/mol. The molecule has 0 radical (unpaired) electrons. The fraction of sp³-hybridized carbons (Fsp3) is 0.467. The van der Waals surface area contributed by atoms with Gasteiger partial charge < -0.3 is 10.4 Å². The van der Waals surface area contributed by atoms with Crippen LogP contribution in [0.15, 0.2) is 22.7 Å². The summed E-state index contributed by atoms with van der Waals surface area (Å²) in [7, 11) is 0. The molecule has 1 saturated carbocycles. The minimum Gasteiger partial charge on any atom is -0.481 e. The maximum atomic E-state index is 12.3. The van der Waals surface area contributed by atoms with Gasteiger partial charge >= 0.3 is 5.97 Å². The molecular formula is C15H17BrClNO3. The molecule has 2 rings (SSSR count). The van der Waals surface area contributed by atoms with Crippen LogP contribution in [0.5, 0.6) is 0 Å². The molecule has 6 heteroatoms. The molecule has 0 heterocycles. The van der Waals surface area contributed by atoms with Crippen molar-refractivity contribution >= 4 is 39.4 Å². The number of aliphatic carboxylic acids is 1. The molecule has 1 amide bonds. The number of nitrogens with one attached hydrogen (secondary N) is 1. The highest BCUT2D eigenvalue weighted by molar-refractivity contribution is 9.10. The molecule has 1 aliphatic carbocycles. The van der Waals surface area contributed by atoms with Gasteiger partial charge in [0.2, 0.25) is 0 Å². The van der Waals surface area contributed by atoms with E-state index in [0.29, 0.717) is 23.4 Å². The van der Waals surface area contributed by atoms with E-state index in [4.69, 9.17) is 11.6 Å². The lowest BCUT2D eigenvalue weighted by atomic mass is 9.94. The molecule has 0 bridgehead atoms. The molecule has 1 aliphatic rings. The van der Waals surface area contributed by atoms with E-state index in [0.717, 1.165) is 23.7 Å². The summed E-state index contributed by atoms with van der Waals surface area (Å²) in [6, 6.07) is 4.69. The molecule has 2 N–H and O–H groups in total. The summed E-state index contributed by atoms with van der Waals surface area (Å²) >= 11 is 9.36. The molecule has 0 aliphatic heterocycles. The lowest BCUT2D eigenvalue weighted by molar-refractivity contribution is -0.142. The topological polar surface area (TPSA) is 66.4 Å². The Kier molecular flexibility index (Phi) is 5.65. The Balaban J connectivity index is 2.14. The monoisotopic (exact) mass is 373 g/mol. The highest BCUT2D eigenvalue weighted by Gasteiger charge is 2.31. The van der Waals surface area contributed by atoms with Crippen molar-refractivity contribution in [3.63, 3.8) is 0 Å². The maximum absolute atomic E-state index is 12.3. The van der Waals surface area contributed by atoms with Crippen molar-refractivity contribution < 1.29 is 14.7 Å². The highest BCUT2D eigenvalue weighted by Crippen LogP contribution is 2.26. The molecule has 114 valence electrons. The first-order chi connectivity index (χ1) is 9.99. The fourth-order valence-electron chi connectivity index (χ4n) is 2.70. The average Bonchev–Trinajstić information content (AvgIpc) is 2.63. The fourth-order valence-corrected chi connectivity index (χ4v) is 3.45. The standard InChI is InChI=1S/C15H17BrClNO3/c16-9-6-7-10(12(17)8-9)14(19)18-13-5-3-1-2-4-11(13)15(20)21/h6-8,11,13H,1-5H2,(H,18,19)(H,20,21)/t11-,13+/m1/s1. The van der Waals surface area contributed by atoms with Crippen molar-refractivity contribution in [2.45, 2.75) is 38.1 Å². The second-order valence-electron chi connectivity index (χ2n) is 5.29. The summed E-state index contributed by atoms with van der Waals surface area (Å²) < 4.78 is 0.793. The molecule has 1 aromatic carbocycles. The Bertz CT molecular complexity index is 550. The number of hydrogen-bond donors (Lipinski definition) is 2. The molecule has 0 saturated heterocycles. The van der Waals surface area contributed by atoms with Crippen molar-refractivity contribution in [2.75, 3.05) is 0 Å². The van der Waals surface area contributed by atoms with Crippen LogP contribution >= 0.6 is 27.5 Å². The van der Waals surface area contributed by atoms with Gasteiger partial charge in [0.05, 0.1) is 16.5 Å². The first-order valence-electron chi connectivity index (χ1n) is 6.98. The van der Waals surface area contributed by atoms with E-state index in [9.17, 15) is 14.7 Å². The zero-order chi connectivity index (χ0) is 15.4. The second kappa shape index (κ2) is 7.27. The van der Waals surface area contributed by atoms with Crippen LogP contribution in [0.25, 0.3) is 0 Å². The molecule has 2 atom stereocenters. The summed E-state index contributed by atoms with van der Waals surface area (Å²) in [5, 5.41) is 12.5. The van der Waals surface area contributed by atoms with E-state index in [1.54, 1.807) is 18.2 Å². The van der Waals surface area contributed by atoms with Gasteiger partial charge in [-0.05, 0) is 31.0 Å². The van der Waals surface area contributed by atoms with Crippen LogP contribution in [0.4, 0.5) is 0 Å². The van der Waals surface area contributed by atoms with E-state index in [1.807, 2.05) is 0 Å². The van der Waals surface area contributed by atoms with Gasteiger partial charge in [-0.15, -0.1) is 0 Å². The van der Waals surface area contributed by atoms with E-state index in [2.05, 4.69) is 21.2 Å². The zero-order valence-corrected chi connectivity index (χ0v) is 13.8. The lowest BCUT2D eigenvalue weighted by Gasteiger charge is -2.23. The van der Waals surface area contributed by atoms with Gasteiger partial charge in [-0.3, -0.25) is 9.59 Å². The van der Waals surface area contributed by atoms with Gasteiger partial charge in [0.15, 0.2) is 0 Å². The minimum atomic E-state index is -0.843. The molecular weight excluding hydrogens is 358 g/mol. The van der Waals surface area contributed by atoms with Gasteiger partial charge in [0.1, 0.15) is 0 Å². The minimum absolute atomic E-state index is 0.314. The van der Waals surface area contributed by atoms with Gasteiger partial charge in [-0.25, -0.2) is 0 Å². The van der Waals surface area contributed by atoms with E-state index < -0.39 is 11.9 Å². The highest BCUT2D eigenvalue weighted by atomic mass is 79.9. The summed E-state index contributed by atoms with van der Waals surface area (Å²) in [4.78, 5) is 23.7. The summed E-state index contributed by atoms with van der Waals surface area (Å²) in [6.45, 7) is 0. The summed E-state index contributed by atoms with van der Waals surface area (Å²) in [6.07, 6.45) is 4.13. The van der Waals surface area contributed by atoms with Crippen LogP contribution in [0.3, 0.4) is 0 Å². The third kappa shape index (κ3) is 4.20. The largest absolute Gasteiger partial charge is 0.481 e. The number of rotatable bonds is 3. The summed E-state index contributed by atoms with van der Waals surface area (Å²) in [5.74, 6) is -1.68. The Hall–Kier alpha value is -1.07. The number of benzene rings is 1. The van der Waals surface area contributed by atoms with Crippen molar-refractivity contribution in [3.8, 4) is 0 Å². The van der Waals surface area contributed by atoms with Crippen molar-refractivity contribution in [3.05, 3.63) is 33.3 Å². The number of halogens is 2. The van der Waals surface area contributed by atoms with Crippen molar-refractivity contribution in [2.24, 2.45) is 5.92 Å². The number of carboxylic acid groups (broad SMARTS) is 1. The third-order valence-corrected chi connectivity index (χ3v) is 4.63. The molecule has 4 nitrogen and oxygen atoms in total. The first-order valence-corrected chi connectivity index (χ1v) is 8.15. The van der Waals surface area contributed by atoms with Crippen LogP contribution < -0.4 is 5.32 Å². The van der Waals surface area contributed by atoms with Crippen LogP contribution in [0.1, 0.15) is 42.5 Å². The van der Waals surface area contributed by atoms with Crippen LogP contribution in [-0.2, 0) is 4.79 Å². The van der Waals surface area contributed by atoms with E-state index in [-0.39, 0.29) is 11.9 Å². The molecule has 1 aromatic rings. The smallest absolute Gasteiger partial charge is 0.308 e. The number of carbonyl (C=O) groups is 2. The quantitative estimate of drug-likeness (QED) is 0.789. The second-order valence-corrected chi connectivity index (χ2v) is 6.61. The maximum Gasteiger partial charge on any atom is 0.308 e. The normalized spacial score (nSPS) is 22.4. The van der Waals surface area contributed by atoms with E-state index >= 15 is 0 Å². The van der Waals surface area contributed by atoms with Gasteiger partial charge in [-0.1, -0.05) is 46.8 Å². The zero-order valence-electron chi connectivity index (χ0n) is 11.4. The van der Waals surface area contributed by atoms with Crippen LogP contribution in [-0.4, -0.2) is 23.0 Å². The number of hydrogen-bond acceptors (Lipinski definition) is 2. The van der Waals surface area contributed by atoms with Gasteiger partial charge in [-0.2, -0.15) is 0 Å². The van der Waals surface area contributed by atoms with Crippen molar-refractivity contribution in [1.29, 1.82) is 0 Å². The third-order valence-electron chi connectivity index (χ3n) is 3.83. The Labute approximate surface area is 137 Å². The van der Waals surface area contributed by atoms with Crippen LogP contribution in [0, 0.1) is 5.92 Å². The summed E-state index contributed by atoms with van der Waals surface area (Å²) in [5.41, 5.74) is 0.369. The Morgan fingerprint density at radius 3 is 2.62 bits per heavy atom. The molecule has 0 spiro atoms. The molecule has 0 unspecified atom stereocenters. The van der Waals surface area contributed by atoms with Crippen LogP contribution in [0.2, 0.25) is 5.02 Å². The first kappa shape index (κ1) is 16.3. The molecule has 21 heavy (non-hydrogen) atoms. The van der Waals surface area contributed by atoms with Crippen molar-refractivity contribution in [1.82, 2.24) is 5.32 Å². The average molecular weight is 375 g/mol. The van der Waals surface area contributed by atoms with E-state index in [1.165, 1.54) is 0 Å². The van der Waals surface area contributed by atoms with Gasteiger partial charge in [0, 0.05) is 10.5 Å². The number of carbonyl (C=O) groups excluding carboxylic acids is 1. The lowest BCUT2D eigenvalue weighted by Crippen LogP contribution is -2.42. The number of carboxylic acids is 1. The number of amides is 1. The SMILES string of the molecule is O=C(N[C@H]1CCCCC[C@H]1C(=O)O)c1ccc(Br)cc1Cl. The Morgan fingerprint density at radius 2 is 1.95 bits per heavy atom. The predicted octanol–water partition coefficient (Wildman–Crippen LogP) is 3.87. The Morgan fingerprint density at radius 1 is 1.24 bits per heavy atom. The van der Waals surface area contributed by atoms with Gasteiger partial charge in [0.25, 0.3) is 5.91 Å².